The molecule has 0 saturated heterocycles. The summed E-state index contributed by atoms with van der Waals surface area (Å²) in [7, 11) is -4.07. The van der Waals surface area contributed by atoms with Crippen molar-refractivity contribution in [2.24, 2.45) is 0 Å². The van der Waals surface area contributed by atoms with Crippen molar-refractivity contribution in [2.75, 3.05) is 11.5 Å². The maximum Gasteiger partial charge on any atom is 0.325 e. The number of rotatable bonds is 5. The summed E-state index contributed by atoms with van der Waals surface area (Å²) in [4.78, 5) is 21.1. The van der Waals surface area contributed by atoms with Crippen LogP contribution in [0.1, 0.15) is 12.8 Å². The Morgan fingerprint density at radius 1 is 1.29 bits per heavy atom. The van der Waals surface area contributed by atoms with Crippen LogP contribution in [0.4, 0.5) is 5.69 Å². The molecule has 1 aliphatic carbocycles. The Morgan fingerprint density at radius 2 is 2.00 bits per heavy atom. The number of hydrogen-bond donors (Lipinski definition) is 3. The standard InChI is InChI=1S/C14H16N3O3P/c15-17-14-7-6-13(16-12-4-2-1-3-5-12)10-11(14)8-9-21(18,19)20/h1-6,10,16H,7-9H2,(H2,18,19,20). The molecule has 1 aliphatic rings. The second-order valence-electron chi connectivity index (χ2n) is 4.71. The number of benzene rings is 1. The second kappa shape index (κ2) is 6.66. The zero-order valence-corrected chi connectivity index (χ0v) is 12.2. The Hall–Kier alpha value is -1.97. The molecule has 21 heavy (non-hydrogen) atoms. The van der Waals surface area contributed by atoms with Gasteiger partial charge in [0.05, 0.1) is 12.6 Å². The lowest BCUT2D eigenvalue weighted by atomic mass is 9.98. The maximum absolute atomic E-state index is 11.0. The molecule has 0 heterocycles. The van der Waals surface area contributed by atoms with Crippen molar-refractivity contribution in [3.05, 3.63) is 59.3 Å². The van der Waals surface area contributed by atoms with E-state index in [2.05, 4.69) is 10.1 Å². The van der Waals surface area contributed by atoms with Crippen molar-refractivity contribution in [1.82, 2.24) is 0 Å². The lowest BCUT2D eigenvalue weighted by molar-refractivity contribution is -0.00667. The van der Waals surface area contributed by atoms with Gasteiger partial charge in [-0.15, -0.1) is 0 Å². The number of nitrogens with one attached hydrogen (secondary N) is 1. The van der Waals surface area contributed by atoms with Gasteiger partial charge in [0, 0.05) is 17.0 Å². The van der Waals surface area contributed by atoms with Crippen LogP contribution < -0.4 is 5.32 Å². The van der Waals surface area contributed by atoms with Gasteiger partial charge in [-0.1, -0.05) is 18.2 Å². The molecule has 0 atom stereocenters. The lowest BCUT2D eigenvalue weighted by Gasteiger charge is -2.13. The third kappa shape index (κ3) is 4.81. The van der Waals surface area contributed by atoms with Crippen molar-refractivity contribution in [3.63, 3.8) is 0 Å². The molecular weight excluding hydrogens is 289 g/mol. The summed E-state index contributed by atoms with van der Waals surface area (Å²) in [5.74, 6) is 0. The first-order valence-corrected chi connectivity index (χ1v) is 8.26. The van der Waals surface area contributed by atoms with Gasteiger partial charge in [-0.2, -0.15) is 4.79 Å². The van der Waals surface area contributed by atoms with E-state index < -0.39 is 7.60 Å². The summed E-state index contributed by atoms with van der Waals surface area (Å²) in [6.45, 7) is 0. The molecule has 6 nitrogen and oxygen atoms in total. The average molecular weight is 305 g/mol. The molecule has 0 fully saturated rings. The van der Waals surface area contributed by atoms with Gasteiger partial charge in [0.25, 0.3) is 5.71 Å². The predicted octanol–water partition coefficient (Wildman–Crippen LogP) is 2.55. The van der Waals surface area contributed by atoms with Gasteiger partial charge >= 0.3 is 7.60 Å². The van der Waals surface area contributed by atoms with Gasteiger partial charge in [0.2, 0.25) is 0 Å². The summed E-state index contributed by atoms with van der Waals surface area (Å²) >= 11 is 0. The van der Waals surface area contributed by atoms with E-state index in [9.17, 15) is 4.57 Å². The van der Waals surface area contributed by atoms with E-state index in [1.54, 1.807) is 6.08 Å². The zero-order valence-electron chi connectivity index (χ0n) is 11.3. The maximum atomic E-state index is 11.0. The Kier molecular flexibility index (Phi) is 4.89. The first-order chi connectivity index (χ1) is 9.98. The predicted molar refractivity (Wildman–Crippen MR) is 81.0 cm³/mol. The molecule has 110 valence electrons. The first-order valence-electron chi connectivity index (χ1n) is 6.46. The van der Waals surface area contributed by atoms with E-state index in [0.29, 0.717) is 17.7 Å². The van der Waals surface area contributed by atoms with Gasteiger partial charge in [0.15, 0.2) is 0 Å². The van der Waals surface area contributed by atoms with Gasteiger partial charge in [-0.05, 0) is 30.7 Å². The molecular formula is C14H16N3O3P. The van der Waals surface area contributed by atoms with Crippen LogP contribution >= 0.6 is 7.60 Å². The quantitative estimate of drug-likeness (QED) is 0.441. The topological polar surface area (TPSA) is 106 Å². The van der Waals surface area contributed by atoms with Crippen LogP contribution in [0.25, 0.3) is 5.53 Å². The Balaban J connectivity index is 2.14. The second-order valence-corrected chi connectivity index (χ2v) is 6.49. The summed E-state index contributed by atoms with van der Waals surface area (Å²) < 4.78 is 11.0. The molecule has 0 bridgehead atoms. The summed E-state index contributed by atoms with van der Waals surface area (Å²) in [5.41, 5.74) is 11.8. The summed E-state index contributed by atoms with van der Waals surface area (Å²) in [5, 5.41) is 3.21. The Morgan fingerprint density at radius 3 is 2.62 bits per heavy atom. The van der Waals surface area contributed by atoms with E-state index >= 15 is 0 Å². The number of para-hydroxylation sites is 1. The van der Waals surface area contributed by atoms with Gasteiger partial charge < -0.3 is 20.6 Å². The summed E-state index contributed by atoms with van der Waals surface area (Å²) in [6.07, 6.45) is 3.93. The lowest BCUT2D eigenvalue weighted by Crippen LogP contribution is -2.12. The monoisotopic (exact) mass is 305 g/mol. The van der Waals surface area contributed by atoms with Gasteiger partial charge in [-0.25, -0.2) is 0 Å². The third-order valence-electron chi connectivity index (χ3n) is 3.07. The molecule has 2 rings (SSSR count). The van der Waals surface area contributed by atoms with E-state index in [-0.39, 0.29) is 12.6 Å². The fourth-order valence-electron chi connectivity index (χ4n) is 2.03. The molecule has 0 aromatic heterocycles. The van der Waals surface area contributed by atoms with Crippen LogP contribution in [-0.2, 0) is 4.57 Å². The molecule has 0 aliphatic heterocycles. The number of nitrogens with zero attached hydrogens (tertiary/aromatic N) is 2. The highest BCUT2D eigenvalue weighted by Gasteiger charge is 2.23. The Labute approximate surface area is 122 Å². The van der Waals surface area contributed by atoms with Crippen molar-refractivity contribution in [2.45, 2.75) is 12.8 Å². The zero-order chi connectivity index (χ0) is 15.3. The molecule has 1 aromatic rings. The highest BCUT2D eigenvalue weighted by Crippen LogP contribution is 2.36. The molecule has 0 unspecified atom stereocenters. The number of hydrogen-bond acceptors (Lipinski definition) is 2. The summed E-state index contributed by atoms with van der Waals surface area (Å²) in [6, 6.07) is 9.56. The molecule has 0 saturated carbocycles. The van der Waals surface area contributed by atoms with Crippen molar-refractivity contribution in [3.8, 4) is 0 Å². The van der Waals surface area contributed by atoms with Crippen LogP contribution in [0.3, 0.4) is 0 Å². The first kappa shape index (κ1) is 15.4. The van der Waals surface area contributed by atoms with Crippen LogP contribution in [-0.4, -0.2) is 26.5 Å². The van der Waals surface area contributed by atoms with Crippen molar-refractivity contribution in [1.29, 1.82) is 0 Å². The molecule has 3 N–H and O–H groups in total. The van der Waals surface area contributed by atoms with Crippen molar-refractivity contribution >= 4 is 19.0 Å². The average Bonchev–Trinajstić information content (AvgIpc) is 2.46. The largest absolute Gasteiger partial charge is 0.361 e. The van der Waals surface area contributed by atoms with Crippen LogP contribution in [0.2, 0.25) is 0 Å². The van der Waals surface area contributed by atoms with E-state index in [4.69, 9.17) is 15.3 Å². The van der Waals surface area contributed by atoms with Crippen LogP contribution in [0, 0.1) is 0 Å². The van der Waals surface area contributed by atoms with E-state index in [0.717, 1.165) is 11.4 Å². The minimum Gasteiger partial charge on any atom is -0.361 e. The van der Waals surface area contributed by atoms with Gasteiger partial charge in [-0.3, -0.25) is 4.57 Å². The molecule has 0 spiro atoms. The fraction of sp³-hybridized carbons (Fsp3) is 0.214. The van der Waals surface area contributed by atoms with E-state index in [1.807, 2.05) is 36.4 Å². The minimum absolute atomic E-state index is 0.164. The third-order valence-corrected chi connectivity index (χ3v) is 3.88. The molecule has 0 radical (unpaired) electrons. The molecule has 7 heteroatoms. The number of anilines is 1. The molecule has 0 amide bonds. The molecule has 1 aromatic carbocycles. The normalized spacial score (nSPS) is 15.0. The van der Waals surface area contributed by atoms with E-state index in [1.165, 1.54) is 0 Å². The van der Waals surface area contributed by atoms with Crippen LogP contribution in [0.15, 0.2) is 53.8 Å². The highest BCUT2D eigenvalue weighted by atomic mass is 31.2. The van der Waals surface area contributed by atoms with Crippen LogP contribution in [0.5, 0.6) is 0 Å². The highest BCUT2D eigenvalue weighted by molar-refractivity contribution is 7.51. The fourth-order valence-corrected chi connectivity index (χ4v) is 2.56. The Bertz CT molecular complexity index is 670. The van der Waals surface area contributed by atoms with Gasteiger partial charge in [0.1, 0.15) is 0 Å². The minimum atomic E-state index is -4.07. The van der Waals surface area contributed by atoms with Crippen molar-refractivity contribution < 1.29 is 19.1 Å². The smallest absolute Gasteiger partial charge is 0.325 e. The SMILES string of the molecule is [N-]=[N+]=C1CC=C(Nc2ccccc2)C=C1CCP(=O)(O)O. The number of allylic oxidation sites excluding steroid dienone is 3.